The highest BCUT2D eigenvalue weighted by molar-refractivity contribution is 5.92. The van der Waals surface area contributed by atoms with Crippen molar-refractivity contribution in [1.82, 2.24) is 15.4 Å². The number of aromatic nitrogens is 1. The minimum Gasteiger partial charge on any atom is -0.379 e. The van der Waals surface area contributed by atoms with E-state index in [0.29, 0.717) is 24.0 Å². The molecule has 2 rings (SSSR count). The zero-order valence-corrected chi connectivity index (χ0v) is 10.8. The number of amides is 1. The number of nitrogens with zero attached hydrogens (tertiary/aromatic N) is 2. The second kappa shape index (κ2) is 5.97. The average molecular weight is 253 g/mol. The van der Waals surface area contributed by atoms with Crippen LogP contribution in [0.2, 0.25) is 0 Å². The van der Waals surface area contributed by atoms with Crippen molar-refractivity contribution in [2.24, 2.45) is 0 Å². The first kappa shape index (κ1) is 13.0. The number of hydrogen-bond donors (Lipinski definition) is 1. The fraction of sp³-hybridized carbons (Fsp3) is 0.667. The Balaban J connectivity index is 1.78. The van der Waals surface area contributed by atoms with Crippen LogP contribution < -0.4 is 5.32 Å². The van der Waals surface area contributed by atoms with Crippen molar-refractivity contribution < 1.29 is 14.1 Å². The van der Waals surface area contributed by atoms with E-state index in [1.165, 1.54) is 0 Å². The molecule has 6 nitrogen and oxygen atoms in total. The van der Waals surface area contributed by atoms with Crippen molar-refractivity contribution in [3.8, 4) is 0 Å². The summed E-state index contributed by atoms with van der Waals surface area (Å²) in [7, 11) is 0. The zero-order chi connectivity index (χ0) is 13.0. The highest BCUT2D eigenvalue weighted by Crippen LogP contribution is 2.04. The molecule has 1 fully saturated rings. The SMILES string of the molecule is Cc1cc(C(=O)NCC(C)N2CCOCC2)no1. The first-order valence-corrected chi connectivity index (χ1v) is 6.20. The lowest BCUT2D eigenvalue weighted by Gasteiger charge is -2.32. The second-order valence-electron chi connectivity index (χ2n) is 4.53. The average Bonchev–Trinajstić information content (AvgIpc) is 2.83. The molecule has 100 valence electrons. The summed E-state index contributed by atoms with van der Waals surface area (Å²) in [6.45, 7) is 7.83. The molecule has 0 aromatic carbocycles. The maximum absolute atomic E-state index is 11.8. The van der Waals surface area contributed by atoms with Crippen molar-refractivity contribution in [2.45, 2.75) is 19.9 Å². The van der Waals surface area contributed by atoms with E-state index in [4.69, 9.17) is 9.26 Å². The Labute approximate surface area is 106 Å². The molecule has 1 saturated heterocycles. The van der Waals surface area contributed by atoms with Crippen molar-refractivity contribution >= 4 is 5.91 Å². The molecule has 1 unspecified atom stereocenters. The number of nitrogens with one attached hydrogen (secondary N) is 1. The summed E-state index contributed by atoms with van der Waals surface area (Å²) in [5, 5.41) is 6.55. The van der Waals surface area contributed by atoms with E-state index in [-0.39, 0.29) is 5.91 Å². The van der Waals surface area contributed by atoms with Crippen molar-refractivity contribution in [3.05, 3.63) is 17.5 Å². The van der Waals surface area contributed by atoms with E-state index in [1.54, 1.807) is 13.0 Å². The van der Waals surface area contributed by atoms with Crippen LogP contribution in [0.5, 0.6) is 0 Å². The van der Waals surface area contributed by atoms with Gasteiger partial charge in [-0.2, -0.15) is 0 Å². The van der Waals surface area contributed by atoms with Crippen molar-refractivity contribution in [1.29, 1.82) is 0 Å². The predicted octanol–water partition coefficient (Wildman–Crippen LogP) is 0.434. The number of hydrogen-bond acceptors (Lipinski definition) is 5. The fourth-order valence-corrected chi connectivity index (χ4v) is 1.95. The van der Waals surface area contributed by atoms with Gasteiger partial charge >= 0.3 is 0 Å². The third-order valence-electron chi connectivity index (χ3n) is 3.09. The Morgan fingerprint density at radius 3 is 2.89 bits per heavy atom. The molecular weight excluding hydrogens is 234 g/mol. The van der Waals surface area contributed by atoms with Crippen LogP contribution in [-0.4, -0.2) is 54.9 Å². The van der Waals surface area contributed by atoms with Crippen LogP contribution >= 0.6 is 0 Å². The number of carbonyl (C=O) groups excluding carboxylic acids is 1. The Bertz CT molecular complexity index is 399. The highest BCUT2D eigenvalue weighted by Gasteiger charge is 2.18. The van der Waals surface area contributed by atoms with Gasteiger partial charge in [-0.05, 0) is 13.8 Å². The molecule has 1 N–H and O–H groups in total. The third-order valence-corrected chi connectivity index (χ3v) is 3.09. The number of rotatable bonds is 4. The van der Waals surface area contributed by atoms with E-state index in [9.17, 15) is 4.79 Å². The largest absolute Gasteiger partial charge is 0.379 e. The maximum atomic E-state index is 11.8. The van der Waals surface area contributed by atoms with E-state index in [1.807, 2.05) is 0 Å². The van der Waals surface area contributed by atoms with Crippen LogP contribution in [0, 0.1) is 6.92 Å². The number of aryl methyl sites for hydroxylation is 1. The van der Waals surface area contributed by atoms with Gasteiger partial charge in [-0.25, -0.2) is 0 Å². The van der Waals surface area contributed by atoms with Crippen LogP contribution in [0.4, 0.5) is 0 Å². The number of carbonyl (C=O) groups is 1. The fourth-order valence-electron chi connectivity index (χ4n) is 1.95. The Hall–Kier alpha value is -1.40. The van der Waals surface area contributed by atoms with E-state index >= 15 is 0 Å². The van der Waals surface area contributed by atoms with Gasteiger partial charge in [-0.15, -0.1) is 0 Å². The molecule has 1 aliphatic rings. The first-order chi connectivity index (χ1) is 8.66. The molecule has 1 aromatic heterocycles. The van der Waals surface area contributed by atoms with Crippen LogP contribution in [-0.2, 0) is 4.74 Å². The van der Waals surface area contributed by atoms with Gasteiger partial charge in [0.25, 0.3) is 5.91 Å². The summed E-state index contributed by atoms with van der Waals surface area (Å²) in [5.41, 5.74) is 0.335. The topological polar surface area (TPSA) is 67.6 Å². The molecule has 1 amide bonds. The molecule has 18 heavy (non-hydrogen) atoms. The molecule has 0 radical (unpaired) electrons. The molecule has 1 aromatic rings. The lowest BCUT2D eigenvalue weighted by molar-refractivity contribution is 0.0204. The zero-order valence-electron chi connectivity index (χ0n) is 10.8. The summed E-state index contributed by atoms with van der Waals surface area (Å²) < 4.78 is 10.2. The highest BCUT2D eigenvalue weighted by atomic mass is 16.5. The van der Waals surface area contributed by atoms with Gasteiger partial charge in [0.05, 0.1) is 13.2 Å². The Morgan fingerprint density at radius 2 is 2.28 bits per heavy atom. The van der Waals surface area contributed by atoms with Crippen LogP contribution in [0.15, 0.2) is 10.6 Å². The van der Waals surface area contributed by atoms with Crippen molar-refractivity contribution in [3.63, 3.8) is 0 Å². The molecule has 0 saturated carbocycles. The third kappa shape index (κ3) is 3.30. The minimum atomic E-state index is -0.188. The normalized spacial score (nSPS) is 18.6. The lowest BCUT2D eigenvalue weighted by Crippen LogP contribution is -2.47. The lowest BCUT2D eigenvalue weighted by atomic mass is 10.2. The molecular formula is C12H19N3O3. The van der Waals surface area contributed by atoms with Gasteiger partial charge < -0.3 is 14.6 Å². The number of morpholine rings is 1. The van der Waals surface area contributed by atoms with E-state index < -0.39 is 0 Å². The molecule has 1 atom stereocenters. The quantitative estimate of drug-likeness (QED) is 0.843. The standard InChI is InChI=1S/C12H19N3O3/c1-9(15-3-5-17-6-4-15)8-13-12(16)11-7-10(2)18-14-11/h7,9H,3-6,8H2,1-2H3,(H,13,16). The van der Waals surface area contributed by atoms with Crippen molar-refractivity contribution in [2.75, 3.05) is 32.8 Å². The maximum Gasteiger partial charge on any atom is 0.273 e. The van der Waals surface area contributed by atoms with Crippen LogP contribution in [0.25, 0.3) is 0 Å². The van der Waals surface area contributed by atoms with Gasteiger partial charge in [0, 0.05) is 31.7 Å². The Morgan fingerprint density at radius 1 is 1.56 bits per heavy atom. The molecule has 2 heterocycles. The summed E-state index contributed by atoms with van der Waals surface area (Å²) in [6.07, 6.45) is 0. The second-order valence-corrected chi connectivity index (χ2v) is 4.53. The molecule has 0 bridgehead atoms. The summed E-state index contributed by atoms with van der Waals surface area (Å²) in [5.74, 6) is 0.452. The summed E-state index contributed by atoms with van der Waals surface area (Å²) in [4.78, 5) is 14.1. The van der Waals surface area contributed by atoms with E-state index in [2.05, 4.69) is 22.3 Å². The molecule has 1 aliphatic heterocycles. The molecule has 0 aliphatic carbocycles. The molecule has 0 spiro atoms. The molecule has 6 heteroatoms. The van der Waals surface area contributed by atoms with Crippen LogP contribution in [0.3, 0.4) is 0 Å². The van der Waals surface area contributed by atoms with Gasteiger partial charge in [0.1, 0.15) is 5.76 Å². The van der Waals surface area contributed by atoms with E-state index in [0.717, 1.165) is 26.3 Å². The van der Waals surface area contributed by atoms with Gasteiger partial charge in [-0.1, -0.05) is 5.16 Å². The minimum absolute atomic E-state index is 0.188. The van der Waals surface area contributed by atoms with Gasteiger partial charge in [0.2, 0.25) is 0 Å². The van der Waals surface area contributed by atoms with Gasteiger partial charge in [0.15, 0.2) is 5.69 Å². The first-order valence-electron chi connectivity index (χ1n) is 6.20. The Kier molecular flexibility index (Phi) is 4.33. The van der Waals surface area contributed by atoms with Crippen LogP contribution in [0.1, 0.15) is 23.2 Å². The monoisotopic (exact) mass is 253 g/mol. The summed E-state index contributed by atoms with van der Waals surface area (Å²) >= 11 is 0. The summed E-state index contributed by atoms with van der Waals surface area (Å²) in [6, 6.07) is 1.93. The smallest absolute Gasteiger partial charge is 0.273 e. The van der Waals surface area contributed by atoms with Gasteiger partial charge in [-0.3, -0.25) is 9.69 Å². The predicted molar refractivity (Wildman–Crippen MR) is 65.4 cm³/mol. The number of ether oxygens (including phenoxy) is 1.